The minimum atomic E-state index is -0.970. The number of aromatic nitrogens is 1. The van der Waals surface area contributed by atoms with Gasteiger partial charge in [-0.05, 0) is 0 Å². The third-order valence-corrected chi connectivity index (χ3v) is 1.61. The Labute approximate surface area is 75.9 Å². The second kappa shape index (κ2) is 3.71. The summed E-state index contributed by atoms with van der Waals surface area (Å²) >= 11 is 0. The molecule has 1 heterocycles. The molecule has 0 aliphatic heterocycles. The number of carboxylic acid groups (broad SMARTS) is 1. The summed E-state index contributed by atoms with van der Waals surface area (Å²) in [5.41, 5.74) is 6.91. The molecule has 1 aromatic heterocycles. The van der Waals surface area contributed by atoms with E-state index < -0.39 is 5.97 Å². The van der Waals surface area contributed by atoms with Gasteiger partial charge in [0, 0.05) is 30.0 Å². The number of hydrogen-bond donors (Lipinski definition) is 2. The lowest BCUT2D eigenvalue weighted by molar-refractivity contribution is -0.673. The molecule has 0 aliphatic rings. The van der Waals surface area contributed by atoms with Gasteiger partial charge in [-0.1, -0.05) is 0 Å². The van der Waals surface area contributed by atoms with E-state index in [0.717, 1.165) is 11.8 Å². The summed E-state index contributed by atoms with van der Waals surface area (Å²) in [5.74, 6) is -0.970. The second-order valence-electron chi connectivity index (χ2n) is 2.67. The number of pyridine rings is 1. The molecule has 0 amide bonds. The standard InChI is InChI=1S/C9H10N2O2/c1-11-5-4-7(10)6-8(11)2-3-9(12)13/h2-6,10H,1H3,(H,12,13)/p+1/b3-2+. The number of carboxylic acids is 1. The van der Waals surface area contributed by atoms with Crippen LogP contribution in [0.5, 0.6) is 0 Å². The molecule has 0 atom stereocenters. The number of aryl methyl sites for hydroxylation is 1. The number of nitrogen functional groups attached to an aromatic ring is 1. The van der Waals surface area contributed by atoms with Gasteiger partial charge in [-0.2, -0.15) is 0 Å². The quantitative estimate of drug-likeness (QED) is 0.503. The third-order valence-electron chi connectivity index (χ3n) is 1.61. The Morgan fingerprint density at radius 3 is 3.00 bits per heavy atom. The highest BCUT2D eigenvalue weighted by molar-refractivity contribution is 5.84. The Hall–Kier alpha value is -1.84. The number of nitrogens with zero attached hydrogens (tertiary/aromatic N) is 1. The molecule has 0 saturated carbocycles. The molecule has 3 N–H and O–H groups in total. The summed E-state index contributed by atoms with van der Waals surface area (Å²) in [5, 5.41) is 8.41. The molecule has 68 valence electrons. The van der Waals surface area contributed by atoms with Crippen molar-refractivity contribution in [2.45, 2.75) is 0 Å². The van der Waals surface area contributed by atoms with Crippen molar-refractivity contribution < 1.29 is 14.5 Å². The molecule has 1 aromatic rings. The number of nitrogens with two attached hydrogens (primary N) is 1. The number of rotatable bonds is 2. The molecule has 0 unspecified atom stereocenters. The summed E-state index contributed by atoms with van der Waals surface area (Å²) in [6, 6.07) is 3.46. The third kappa shape index (κ3) is 2.59. The number of aliphatic carboxylic acids is 1. The van der Waals surface area contributed by atoms with Crippen LogP contribution >= 0.6 is 0 Å². The Balaban J connectivity index is 3.00. The van der Waals surface area contributed by atoms with Crippen LogP contribution in [-0.4, -0.2) is 11.1 Å². The van der Waals surface area contributed by atoms with Gasteiger partial charge in [-0.25, -0.2) is 9.36 Å². The van der Waals surface area contributed by atoms with Crippen LogP contribution < -0.4 is 10.3 Å². The normalized spacial score (nSPS) is 10.5. The Kier molecular flexibility index (Phi) is 2.64. The largest absolute Gasteiger partial charge is 0.478 e. The van der Waals surface area contributed by atoms with Crippen LogP contribution in [0.3, 0.4) is 0 Å². The van der Waals surface area contributed by atoms with Crippen molar-refractivity contribution in [3.05, 3.63) is 30.1 Å². The summed E-state index contributed by atoms with van der Waals surface area (Å²) in [6.07, 6.45) is 4.35. The van der Waals surface area contributed by atoms with Crippen LogP contribution in [0.15, 0.2) is 24.4 Å². The van der Waals surface area contributed by atoms with Crippen molar-refractivity contribution in [3.8, 4) is 0 Å². The predicted molar refractivity (Wildman–Crippen MR) is 48.7 cm³/mol. The van der Waals surface area contributed by atoms with Gasteiger partial charge in [0.05, 0.1) is 0 Å². The first-order chi connectivity index (χ1) is 6.09. The van der Waals surface area contributed by atoms with Crippen molar-refractivity contribution in [2.24, 2.45) is 7.05 Å². The van der Waals surface area contributed by atoms with Crippen molar-refractivity contribution in [3.63, 3.8) is 0 Å². The maximum Gasteiger partial charge on any atom is 0.328 e. The maximum atomic E-state index is 10.2. The topological polar surface area (TPSA) is 67.2 Å². The first-order valence-corrected chi connectivity index (χ1v) is 3.76. The van der Waals surface area contributed by atoms with Crippen LogP contribution in [0.2, 0.25) is 0 Å². The Morgan fingerprint density at radius 2 is 2.38 bits per heavy atom. The molecule has 4 nitrogen and oxygen atoms in total. The summed E-state index contributed by atoms with van der Waals surface area (Å²) in [7, 11) is 1.82. The summed E-state index contributed by atoms with van der Waals surface area (Å²) in [4.78, 5) is 10.2. The fraction of sp³-hybridized carbons (Fsp3) is 0.111. The van der Waals surface area contributed by atoms with E-state index in [1.165, 1.54) is 6.08 Å². The van der Waals surface area contributed by atoms with Gasteiger partial charge in [0.25, 0.3) is 0 Å². The molecule has 0 spiro atoms. The van der Waals surface area contributed by atoms with Gasteiger partial charge in [-0.3, -0.25) is 0 Å². The van der Waals surface area contributed by atoms with Gasteiger partial charge in [0.1, 0.15) is 7.05 Å². The van der Waals surface area contributed by atoms with E-state index in [2.05, 4.69) is 0 Å². The van der Waals surface area contributed by atoms with E-state index in [9.17, 15) is 4.79 Å². The lowest BCUT2D eigenvalue weighted by Gasteiger charge is -1.94. The van der Waals surface area contributed by atoms with E-state index in [0.29, 0.717) is 5.69 Å². The molecule has 0 saturated heterocycles. The van der Waals surface area contributed by atoms with E-state index in [1.54, 1.807) is 22.9 Å². The van der Waals surface area contributed by atoms with E-state index in [4.69, 9.17) is 10.8 Å². The maximum absolute atomic E-state index is 10.2. The average Bonchev–Trinajstić information content (AvgIpc) is 2.06. The molecule has 0 fully saturated rings. The van der Waals surface area contributed by atoms with E-state index >= 15 is 0 Å². The van der Waals surface area contributed by atoms with Crippen LogP contribution in [0.4, 0.5) is 5.69 Å². The molecule has 4 heteroatoms. The van der Waals surface area contributed by atoms with Gasteiger partial charge >= 0.3 is 5.97 Å². The highest BCUT2D eigenvalue weighted by Gasteiger charge is 2.02. The first-order valence-electron chi connectivity index (χ1n) is 3.76. The highest BCUT2D eigenvalue weighted by Crippen LogP contribution is 2.02. The zero-order valence-corrected chi connectivity index (χ0v) is 7.27. The van der Waals surface area contributed by atoms with Crippen molar-refractivity contribution in [1.29, 1.82) is 0 Å². The Bertz CT molecular complexity index is 359. The minimum Gasteiger partial charge on any atom is -0.478 e. The molecular weight excluding hydrogens is 168 g/mol. The fourth-order valence-electron chi connectivity index (χ4n) is 0.927. The lowest BCUT2D eigenvalue weighted by Crippen LogP contribution is -2.31. The minimum absolute atomic E-state index is 0.614. The SMILES string of the molecule is C[n+]1ccc(N)cc1/C=C/C(=O)O. The number of hydrogen-bond acceptors (Lipinski definition) is 2. The Morgan fingerprint density at radius 1 is 1.69 bits per heavy atom. The molecule has 0 radical (unpaired) electrons. The van der Waals surface area contributed by atoms with E-state index in [1.807, 2.05) is 7.05 Å². The molecular formula is C9H11N2O2+. The van der Waals surface area contributed by atoms with Crippen molar-refractivity contribution in [1.82, 2.24) is 0 Å². The zero-order chi connectivity index (χ0) is 9.84. The fourth-order valence-corrected chi connectivity index (χ4v) is 0.927. The molecule has 13 heavy (non-hydrogen) atoms. The molecule has 0 aliphatic carbocycles. The molecule has 0 bridgehead atoms. The summed E-state index contributed by atoms with van der Waals surface area (Å²) in [6.45, 7) is 0. The molecule has 0 aromatic carbocycles. The van der Waals surface area contributed by atoms with E-state index in [-0.39, 0.29) is 0 Å². The van der Waals surface area contributed by atoms with Crippen LogP contribution in [0.25, 0.3) is 6.08 Å². The predicted octanol–water partition coefficient (Wildman–Crippen LogP) is 0.191. The smallest absolute Gasteiger partial charge is 0.328 e. The number of carbonyl (C=O) groups is 1. The average molecular weight is 179 g/mol. The van der Waals surface area contributed by atoms with Crippen molar-refractivity contribution in [2.75, 3.05) is 5.73 Å². The van der Waals surface area contributed by atoms with Crippen molar-refractivity contribution >= 4 is 17.7 Å². The zero-order valence-electron chi connectivity index (χ0n) is 7.27. The van der Waals surface area contributed by atoms with Crippen LogP contribution in [0, 0.1) is 0 Å². The van der Waals surface area contributed by atoms with Gasteiger partial charge < -0.3 is 10.8 Å². The highest BCUT2D eigenvalue weighted by atomic mass is 16.4. The van der Waals surface area contributed by atoms with Gasteiger partial charge in [-0.15, -0.1) is 0 Å². The van der Waals surface area contributed by atoms with Gasteiger partial charge in [0.15, 0.2) is 6.20 Å². The van der Waals surface area contributed by atoms with Crippen LogP contribution in [-0.2, 0) is 11.8 Å². The molecule has 1 rings (SSSR count). The monoisotopic (exact) mass is 179 g/mol. The van der Waals surface area contributed by atoms with Crippen LogP contribution in [0.1, 0.15) is 5.69 Å². The number of anilines is 1. The lowest BCUT2D eigenvalue weighted by atomic mass is 10.3. The summed E-state index contributed by atoms with van der Waals surface area (Å²) < 4.78 is 1.79. The van der Waals surface area contributed by atoms with Gasteiger partial charge in [0.2, 0.25) is 5.69 Å². The first kappa shape index (κ1) is 9.25. The second-order valence-corrected chi connectivity index (χ2v) is 2.67.